The lowest BCUT2D eigenvalue weighted by Crippen LogP contribution is -2.39. The van der Waals surface area contributed by atoms with Crippen molar-refractivity contribution < 1.29 is 18.3 Å². The van der Waals surface area contributed by atoms with Gasteiger partial charge in [0.1, 0.15) is 0 Å². The molecule has 0 aliphatic carbocycles. The molecule has 0 spiro atoms. The second-order valence-corrected chi connectivity index (χ2v) is 5.50. The van der Waals surface area contributed by atoms with Crippen molar-refractivity contribution in [3.8, 4) is 0 Å². The van der Waals surface area contributed by atoms with Crippen molar-refractivity contribution in [2.75, 3.05) is 19.7 Å². The molecule has 1 aromatic carbocycles. The average Bonchev–Trinajstić information content (AvgIpc) is 2.51. The minimum atomic E-state index is -4.36. The maximum Gasteiger partial charge on any atom is 0.416 e. The van der Waals surface area contributed by atoms with Crippen molar-refractivity contribution >= 4 is 29.9 Å². The highest BCUT2D eigenvalue weighted by molar-refractivity contribution is 14.0. The molecule has 2 unspecified atom stereocenters. The molecule has 8 heteroatoms. The zero-order valence-corrected chi connectivity index (χ0v) is 16.4. The number of aliphatic imine (C=N–C) groups is 1. The summed E-state index contributed by atoms with van der Waals surface area (Å²) >= 11 is 0. The first-order chi connectivity index (χ1) is 10.8. The largest absolute Gasteiger partial charge is 0.416 e. The van der Waals surface area contributed by atoms with Crippen molar-refractivity contribution in [1.82, 2.24) is 10.6 Å². The van der Waals surface area contributed by atoms with Gasteiger partial charge in [0, 0.05) is 19.7 Å². The molecule has 0 aliphatic rings. The van der Waals surface area contributed by atoms with Gasteiger partial charge in [0.05, 0.1) is 11.6 Å². The summed E-state index contributed by atoms with van der Waals surface area (Å²) in [7, 11) is 0. The number of benzene rings is 1. The number of guanidine groups is 1. The average molecular weight is 459 g/mol. The summed E-state index contributed by atoms with van der Waals surface area (Å²) < 4.78 is 38.3. The quantitative estimate of drug-likeness (QED) is 0.347. The van der Waals surface area contributed by atoms with E-state index in [9.17, 15) is 13.2 Å². The van der Waals surface area contributed by atoms with E-state index in [2.05, 4.69) is 15.6 Å². The first-order valence-corrected chi connectivity index (χ1v) is 7.60. The highest BCUT2D eigenvalue weighted by Crippen LogP contribution is 2.30. The number of hydrogen-bond acceptors (Lipinski definition) is 2. The van der Waals surface area contributed by atoms with E-state index in [-0.39, 0.29) is 42.5 Å². The summed E-state index contributed by atoms with van der Waals surface area (Å²) in [6, 6.07) is 4.90. The van der Waals surface area contributed by atoms with Crippen LogP contribution in [0, 0.1) is 5.92 Å². The van der Waals surface area contributed by atoms with Crippen LogP contribution >= 0.6 is 24.0 Å². The maximum atomic E-state index is 12.8. The first kappa shape index (κ1) is 23.0. The Hall–Kier alpha value is -1.03. The molecule has 0 saturated carbocycles. The lowest BCUT2D eigenvalue weighted by molar-refractivity contribution is -0.137. The fourth-order valence-corrected chi connectivity index (χ4v) is 1.90. The zero-order valence-electron chi connectivity index (χ0n) is 14.0. The van der Waals surface area contributed by atoms with Crippen molar-refractivity contribution in [1.29, 1.82) is 0 Å². The van der Waals surface area contributed by atoms with Crippen molar-refractivity contribution in [2.45, 2.75) is 33.0 Å². The molecule has 1 rings (SSSR count). The molecule has 0 fully saturated rings. The van der Waals surface area contributed by atoms with Gasteiger partial charge in [0.2, 0.25) is 0 Å². The maximum absolute atomic E-state index is 12.8. The van der Waals surface area contributed by atoms with E-state index in [1.165, 1.54) is 6.07 Å². The van der Waals surface area contributed by atoms with Gasteiger partial charge in [-0.15, -0.1) is 24.0 Å². The van der Waals surface area contributed by atoms with Crippen molar-refractivity contribution in [3.05, 3.63) is 35.4 Å². The highest BCUT2D eigenvalue weighted by atomic mass is 127. The molecule has 2 atom stereocenters. The third-order valence-electron chi connectivity index (χ3n) is 3.28. The molecule has 0 radical (unpaired) electrons. The summed E-state index contributed by atoms with van der Waals surface area (Å²) in [4.78, 5) is 4.33. The number of aliphatic hydroxyl groups is 1. The van der Waals surface area contributed by atoms with Crippen LogP contribution in [0.3, 0.4) is 0 Å². The lowest BCUT2D eigenvalue weighted by Gasteiger charge is -2.19. The molecule has 0 aromatic heterocycles. The fourth-order valence-electron chi connectivity index (χ4n) is 1.90. The molecular weight excluding hydrogens is 434 g/mol. The second kappa shape index (κ2) is 10.8. The summed E-state index contributed by atoms with van der Waals surface area (Å²) in [5, 5.41) is 15.2. The Morgan fingerprint density at radius 2 is 1.96 bits per heavy atom. The van der Waals surface area contributed by atoms with Gasteiger partial charge in [-0.3, -0.25) is 4.99 Å². The Labute approximate surface area is 158 Å². The minimum Gasteiger partial charge on any atom is -0.396 e. The number of aliphatic hydroxyl groups excluding tert-OH is 1. The molecule has 0 amide bonds. The van der Waals surface area contributed by atoms with Gasteiger partial charge in [-0.2, -0.15) is 13.2 Å². The van der Waals surface area contributed by atoms with Crippen LogP contribution in [0.4, 0.5) is 13.2 Å². The van der Waals surface area contributed by atoms with Gasteiger partial charge >= 0.3 is 6.18 Å². The fraction of sp³-hybridized carbons (Fsp3) is 0.562. The Morgan fingerprint density at radius 3 is 2.50 bits per heavy atom. The summed E-state index contributed by atoms with van der Waals surface area (Å²) in [6.07, 6.45) is -4.36. The molecule has 138 valence electrons. The highest BCUT2D eigenvalue weighted by Gasteiger charge is 2.30. The molecule has 24 heavy (non-hydrogen) atoms. The molecule has 0 bridgehead atoms. The van der Waals surface area contributed by atoms with Crippen LogP contribution in [-0.4, -0.2) is 30.8 Å². The number of alkyl halides is 3. The number of halogens is 4. The monoisotopic (exact) mass is 459 g/mol. The molecule has 4 nitrogen and oxygen atoms in total. The van der Waals surface area contributed by atoms with Crippen LogP contribution in [-0.2, 0) is 6.18 Å². The Kier molecular flexibility index (Phi) is 10.3. The summed E-state index contributed by atoms with van der Waals surface area (Å²) in [6.45, 7) is 6.64. The first-order valence-electron chi connectivity index (χ1n) is 7.60. The van der Waals surface area contributed by atoms with Crippen LogP contribution in [0.15, 0.2) is 29.3 Å². The predicted octanol–water partition coefficient (Wildman–Crippen LogP) is 3.57. The molecular formula is C16H25F3IN3O. The van der Waals surface area contributed by atoms with Gasteiger partial charge in [-0.25, -0.2) is 0 Å². The number of rotatable bonds is 6. The molecule has 3 N–H and O–H groups in total. The van der Waals surface area contributed by atoms with Crippen LogP contribution in [0.1, 0.15) is 37.9 Å². The van der Waals surface area contributed by atoms with E-state index >= 15 is 0 Å². The lowest BCUT2D eigenvalue weighted by atomic mass is 10.1. The standard InChI is InChI=1S/C16H24F3N3O.HI/c1-4-20-15(21-9-11(2)10-23)22-12(3)13-6-5-7-14(8-13)16(17,18)19;/h5-8,11-12,23H,4,9-10H2,1-3H3,(H2,20,21,22);1H. The topological polar surface area (TPSA) is 56.7 Å². The third-order valence-corrected chi connectivity index (χ3v) is 3.28. The smallest absolute Gasteiger partial charge is 0.396 e. The molecule has 1 aromatic rings. The third kappa shape index (κ3) is 7.69. The minimum absolute atomic E-state index is 0. The van der Waals surface area contributed by atoms with E-state index < -0.39 is 11.7 Å². The van der Waals surface area contributed by atoms with Gasteiger partial charge in [0.15, 0.2) is 5.96 Å². The molecule has 0 aliphatic heterocycles. The Morgan fingerprint density at radius 1 is 1.29 bits per heavy atom. The van der Waals surface area contributed by atoms with E-state index in [1.807, 2.05) is 13.8 Å². The van der Waals surface area contributed by atoms with Crippen LogP contribution in [0.5, 0.6) is 0 Å². The zero-order chi connectivity index (χ0) is 17.5. The Bertz CT molecular complexity index is 524. The van der Waals surface area contributed by atoms with E-state index in [4.69, 9.17) is 5.11 Å². The Balaban J connectivity index is 0.00000529. The summed E-state index contributed by atoms with van der Waals surface area (Å²) in [5.74, 6) is 0.534. The van der Waals surface area contributed by atoms with Crippen LogP contribution in [0.25, 0.3) is 0 Å². The summed E-state index contributed by atoms with van der Waals surface area (Å²) in [5.41, 5.74) is -0.139. The van der Waals surface area contributed by atoms with Gasteiger partial charge in [0.25, 0.3) is 0 Å². The normalized spacial score (nSPS) is 14.5. The van der Waals surface area contributed by atoms with Crippen LogP contribution in [0.2, 0.25) is 0 Å². The second-order valence-electron chi connectivity index (χ2n) is 5.50. The SMILES string of the molecule is CCNC(=NCC(C)CO)NC(C)c1cccc(C(F)(F)F)c1.I. The van der Waals surface area contributed by atoms with Crippen molar-refractivity contribution in [2.24, 2.45) is 10.9 Å². The number of nitrogens with one attached hydrogen (secondary N) is 2. The number of nitrogens with zero attached hydrogens (tertiary/aromatic N) is 1. The number of hydrogen-bond donors (Lipinski definition) is 3. The van der Waals surface area contributed by atoms with E-state index in [1.54, 1.807) is 13.0 Å². The van der Waals surface area contributed by atoms with E-state index in [0.717, 1.165) is 12.1 Å². The van der Waals surface area contributed by atoms with Gasteiger partial charge < -0.3 is 15.7 Å². The molecule has 0 saturated heterocycles. The van der Waals surface area contributed by atoms with Crippen molar-refractivity contribution in [3.63, 3.8) is 0 Å². The van der Waals surface area contributed by atoms with E-state index in [0.29, 0.717) is 24.6 Å². The molecule has 0 heterocycles. The van der Waals surface area contributed by atoms with Gasteiger partial charge in [-0.05, 0) is 37.5 Å². The van der Waals surface area contributed by atoms with Crippen LogP contribution < -0.4 is 10.6 Å². The predicted molar refractivity (Wildman–Crippen MR) is 101 cm³/mol. The van der Waals surface area contributed by atoms with Gasteiger partial charge in [-0.1, -0.05) is 19.1 Å².